The molecule has 0 bridgehead atoms. The summed E-state index contributed by atoms with van der Waals surface area (Å²) in [7, 11) is 0. The van der Waals surface area contributed by atoms with Crippen LogP contribution in [0.2, 0.25) is 0 Å². The van der Waals surface area contributed by atoms with Gasteiger partial charge in [0.25, 0.3) is 5.69 Å². The van der Waals surface area contributed by atoms with Gasteiger partial charge in [0.05, 0.1) is 23.7 Å². The average Bonchev–Trinajstić information content (AvgIpc) is 2.62. The van der Waals surface area contributed by atoms with Crippen LogP contribution in [0.1, 0.15) is 24.6 Å². The van der Waals surface area contributed by atoms with E-state index in [9.17, 15) is 10.1 Å². The number of hydrogen-bond donors (Lipinski definition) is 2. The van der Waals surface area contributed by atoms with Crippen molar-refractivity contribution < 1.29 is 4.92 Å². The van der Waals surface area contributed by atoms with Crippen LogP contribution in [0.5, 0.6) is 0 Å². The SMILES string of the molecule is CCCNC(=NCc1ccc([N+](=O)[O-])cc1)NCc1ccccn1. The van der Waals surface area contributed by atoms with Gasteiger partial charge in [-0.05, 0) is 24.1 Å². The van der Waals surface area contributed by atoms with Crippen molar-refractivity contribution in [3.05, 3.63) is 70.0 Å². The first kappa shape index (κ1) is 17.4. The quantitative estimate of drug-likeness (QED) is 0.353. The number of non-ortho nitro benzene ring substituents is 1. The van der Waals surface area contributed by atoms with Crippen LogP contribution in [0.4, 0.5) is 5.69 Å². The highest BCUT2D eigenvalue weighted by Gasteiger charge is 2.04. The summed E-state index contributed by atoms with van der Waals surface area (Å²) in [5, 5.41) is 17.1. The Morgan fingerprint density at radius 2 is 2.00 bits per heavy atom. The van der Waals surface area contributed by atoms with Crippen LogP contribution in [0.15, 0.2) is 53.7 Å². The van der Waals surface area contributed by atoms with Gasteiger partial charge in [0.2, 0.25) is 0 Å². The van der Waals surface area contributed by atoms with E-state index in [0.717, 1.165) is 24.2 Å². The number of guanidine groups is 1. The molecule has 0 saturated carbocycles. The molecule has 0 spiro atoms. The molecule has 126 valence electrons. The van der Waals surface area contributed by atoms with Crippen molar-refractivity contribution in [1.29, 1.82) is 0 Å². The molecule has 0 saturated heterocycles. The molecule has 24 heavy (non-hydrogen) atoms. The van der Waals surface area contributed by atoms with Crippen LogP contribution in [-0.4, -0.2) is 22.4 Å². The van der Waals surface area contributed by atoms with E-state index in [2.05, 4.69) is 27.5 Å². The molecule has 0 amide bonds. The topological polar surface area (TPSA) is 92.5 Å². The summed E-state index contributed by atoms with van der Waals surface area (Å²) in [4.78, 5) is 19.0. The van der Waals surface area contributed by atoms with Gasteiger partial charge in [-0.2, -0.15) is 0 Å². The molecule has 0 radical (unpaired) electrons. The first-order valence-corrected chi connectivity index (χ1v) is 7.84. The smallest absolute Gasteiger partial charge is 0.269 e. The number of nitro benzene ring substituents is 1. The van der Waals surface area contributed by atoms with Gasteiger partial charge < -0.3 is 10.6 Å². The Morgan fingerprint density at radius 1 is 1.21 bits per heavy atom. The van der Waals surface area contributed by atoms with Crippen LogP contribution >= 0.6 is 0 Å². The lowest BCUT2D eigenvalue weighted by atomic mass is 10.2. The Hall–Kier alpha value is -2.96. The molecule has 0 fully saturated rings. The van der Waals surface area contributed by atoms with Gasteiger partial charge in [0.15, 0.2) is 5.96 Å². The van der Waals surface area contributed by atoms with Crippen molar-refractivity contribution in [2.75, 3.05) is 6.54 Å². The zero-order chi connectivity index (χ0) is 17.2. The molecule has 2 rings (SSSR count). The minimum Gasteiger partial charge on any atom is -0.356 e. The molecule has 0 aliphatic rings. The molecule has 7 nitrogen and oxygen atoms in total. The van der Waals surface area contributed by atoms with Gasteiger partial charge >= 0.3 is 0 Å². The highest BCUT2D eigenvalue weighted by Crippen LogP contribution is 2.12. The standard InChI is InChI=1S/C17H21N5O2/c1-2-10-19-17(21-13-15-5-3-4-11-18-15)20-12-14-6-8-16(9-7-14)22(23)24/h3-9,11H,2,10,12-13H2,1H3,(H2,19,20,21). The number of nitrogens with one attached hydrogen (secondary N) is 2. The Morgan fingerprint density at radius 3 is 2.62 bits per heavy atom. The fourth-order valence-corrected chi connectivity index (χ4v) is 1.99. The predicted molar refractivity (Wildman–Crippen MR) is 93.6 cm³/mol. The second-order valence-corrected chi connectivity index (χ2v) is 5.19. The van der Waals surface area contributed by atoms with Gasteiger partial charge in [0, 0.05) is 24.9 Å². The van der Waals surface area contributed by atoms with Gasteiger partial charge in [-0.3, -0.25) is 15.1 Å². The molecule has 2 aromatic rings. The average molecular weight is 327 g/mol. The largest absolute Gasteiger partial charge is 0.356 e. The summed E-state index contributed by atoms with van der Waals surface area (Å²) in [6.45, 7) is 3.92. The normalized spacial score (nSPS) is 11.1. The Bertz CT molecular complexity index is 671. The summed E-state index contributed by atoms with van der Waals surface area (Å²) in [6, 6.07) is 12.2. The van der Waals surface area contributed by atoms with Crippen molar-refractivity contribution >= 4 is 11.6 Å². The molecular formula is C17H21N5O2. The predicted octanol–water partition coefficient (Wildman–Crippen LogP) is 2.64. The maximum Gasteiger partial charge on any atom is 0.269 e. The number of pyridine rings is 1. The van der Waals surface area contributed by atoms with Crippen LogP contribution in [0.3, 0.4) is 0 Å². The maximum absolute atomic E-state index is 10.7. The van der Waals surface area contributed by atoms with Crippen molar-refractivity contribution in [3.63, 3.8) is 0 Å². The number of nitrogens with zero attached hydrogens (tertiary/aromatic N) is 3. The van der Waals surface area contributed by atoms with Crippen molar-refractivity contribution in [2.24, 2.45) is 4.99 Å². The maximum atomic E-state index is 10.7. The molecule has 7 heteroatoms. The molecule has 2 N–H and O–H groups in total. The van der Waals surface area contributed by atoms with Crippen LogP contribution in [0, 0.1) is 10.1 Å². The minimum absolute atomic E-state index is 0.0836. The van der Waals surface area contributed by atoms with E-state index in [1.54, 1.807) is 18.3 Å². The lowest BCUT2D eigenvalue weighted by Crippen LogP contribution is -2.37. The number of hydrogen-bond acceptors (Lipinski definition) is 4. The van der Waals surface area contributed by atoms with E-state index in [-0.39, 0.29) is 5.69 Å². The molecule has 1 aromatic heterocycles. The van der Waals surface area contributed by atoms with Gasteiger partial charge in [-0.15, -0.1) is 0 Å². The van der Waals surface area contributed by atoms with E-state index in [4.69, 9.17) is 0 Å². The Kier molecular flexibility index (Phi) is 6.70. The van der Waals surface area contributed by atoms with E-state index < -0.39 is 4.92 Å². The number of rotatable bonds is 7. The molecule has 0 aliphatic carbocycles. The Balaban J connectivity index is 1.97. The summed E-state index contributed by atoms with van der Waals surface area (Å²) < 4.78 is 0. The summed E-state index contributed by atoms with van der Waals surface area (Å²) in [5.41, 5.74) is 1.93. The third-order valence-corrected chi connectivity index (χ3v) is 3.27. The molecule has 0 aliphatic heterocycles. The monoisotopic (exact) mass is 327 g/mol. The lowest BCUT2D eigenvalue weighted by molar-refractivity contribution is -0.384. The Labute approximate surface area is 141 Å². The van der Waals surface area contributed by atoms with Gasteiger partial charge in [-0.1, -0.05) is 25.1 Å². The lowest BCUT2D eigenvalue weighted by Gasteiger charge is -2.11. The van der Waals surface area contributed by atoms with Crippen LogP contribution < -0.4 is 10.6 Å². The van der Waals surface area contributed by atoms with Crippen molar-refractivity contribution in [3.8, 4) is 0 Å². The van der Waals surface area contributed by atoms with Crippen LogP contribution in [-0.2, 0) is 13.1 Å². The fourth-order valence-electron chi connectivity index (χ4n) is 1.99. The molecule has 1 heterocycles. The number of aliphatic imine (C=N–C) groups is 1. The van der Waals surface area contributed by atoms with Crippen molar-refractivity contribution in [1.82, 2.24) is 15.6 Å². The zero-order valence-corrected chi connectivity index (χ0v) is 13.6. The molecule has 0 atom stereocenters. The first-order chi connectivity index (χ1) is 11.7. The number of benzene rings is 1. The van der Waals surface area contributed by atoms with E-state index in [0.29, 0.717) is 19.0 Å². The van der Waals surface area contributed by atoms with E-state index in [1.165, 1.54) is 12.1 Å². The van der Waals surface area contributed by atoms with Crippen LogP contribution in [0.25, 0.3) is 0 Å². The highest BCUT2D eigenvalue weighted by molar-refractivity contribution is 5.79. The van der Waals surface area contributed by atoms with E-state index in [1.807, 2.05) is 18.2 Å². The third kappa shape index (κ3) is 5.68. The highest BCUT2D eigenvalue weighted by atomic mass is 16.6. The number of nitro groups is 1. The molecule has 1 aromatic carbocycles. The van der Waals surface area contributed by atoms with E-state index >= 15 is 0 Å². The summed E-state index contributed by atoms with van der Waals surface area (Å²) in [5.74, 6) is 0.695. The third-order valence-electron chi connectivity index (χ3n) is 3.27. The minimum atomic E-state index is -0.407. The summed E-state index contributed by atoms with van der Waals surface area (Å²) >= 11 is 0. The fraction of sp³-hybridized carbons (Fsp3) is 0.294. The van der Waals surface area contributed by atoms with Gasteiger partial charge in [0.1, 0.15) is 0 Å². The second-order valence-electron chi connectivity index (χ2n) is 5.19. The first-order valence-electron chi connectivity index (χ1n) is 7.84. The van der Waals surface area contributed by atoms with Gasteiger partial charge in [-0.25, -0.2) is 4.99 Å². The zero-order valence-electron chi connectivity index (χ0n) is 13.6. The summed E-state index contributed by atoms with van der Waals surface area (Å²) in [6.07, 6.45) is 2.74. The number of aromatic nitrogens is 1. The second kappa shape index (κ2) is 9.24. The molecule has 0 unspecified atom stereocenters. The van der Waals surface area contributed by atoms with Crippen molar-refractivity contribution in [2.45, 2.75) is 26.4 Å². The molecular weight excluding hydrogens is 306 g/mol.